The second kappa shape index (κ2) is 8.06. The van der Waals surface area contributed by atoms with Gasteiger partial charge in [0.2, 0.25) is 0 Å². The highest BCUT2D eigenvalue weighted by atomic mass is 32.2. The minimum absolute atomic E-state index is 0.0712. The fraction of sp³-hybridized carbons (Fsp3) is 0.286. The third kappa shape index (κ3) is 3.75. The fourth-order valence-corrected chi connectivity index (χ4v) is 3.87. The van der Waals surface area contributed by atoms with Crippen LogP contribution < -0.4 is 9.47 Å². The van der Waals surface area contributed by atoms with E-state index in [1.807, 2.05) is 61.0 Å². The SMILES string of the molecule is Cc1cc2c(cc1-c1nnc(SCC(=O)c3ccccc3)n1C)OCCCO2. The number of carbonyl (C=O) groups is 1. The van der Waals surface area contributed by atoms with Crippen molar-refractivity contribution in [3.63, 3.8) is 0 Å². The van der Waals surface area contributed by atoms with E-state index in [2.05, 4.69) is 10.2 Å². The van der Waals surface area contributed by atoms with Gasteiger partial charge in [0.05, 0.1) is 19.0 Å². The lowest BCUT2D eigenvalue weighted by atomic mass is 10.1. The van der Waals surface area contributed by atoms with Gasteiger partial charge in [-0.05, 0) is 24.6 Å². The Morgan fingerprint density at radius 1 is 1.11 bits per heavy atom. The first-order valence-corrected chi connectivity index (χ1v) is 10.1. The van der Waals surface area contributed by atoms with Crippen LogP contribution in [0.4, 0.5) is 0 Å². The van der Waals surface area contributed by atoms with Gasteiger partial charge in [-0.1, -0.05) is 42.1 Å². The van der Waals surface area contributed by atoms with Crippen LogP contribution in [-0.2, 0) is 7.05 Å². The Balaban J connectivity index is 1.55. The lowest BCUT2D eigenvalue weighted by Crippen LogP contribution is -2.04. The van der Waals surface area contributed by atoms with Crippen molar-refractivity contribution in [2.24, 2.45) is 7.05 Å². The fourth-order valence-electron chi connectivity index (χ4n) is 3.06. The van der Waals surface area contributed by atoms with Gasteiger partial charge in [-0.25, -0.2) is 0 Å². The van der Waals surface area contributed by atoms with Gasteiger partial charge in [-0.3, -0.25) is 4.79 Å². The molecule has 6 nitrogen and oxygen atoms in total. The molecule has 0 bridgehead atoms. The van der Waals surface area contributed by atoms with E-state index in [1.165, 1.54) is 11.8 Å². The zero-order valence-corrected chi connectivity index (χ0v) is 16.7. The minimum atomic E-state index is 0.0712. The van der Waals surface area contributed by atoms with E-state index in [0.29, 0.717) is 29.7 Å². The lowest BCUT2D eigenvalue weighted by Gasteiger charge is -2.12. The monoisotopic (exact) mass is 395 g/mol. The number of ether oxygens (including phenoxy) is 2. The van der Waals surface area contributed by atoms with Crippen LogP contribution in [0, 0.1) is 6.92 Å². The van der Waals surface area contributed by atoms with Crippen LogP contribution in [0.15, 0.2) is 47.6 Å². The van der Waals surface area contributed by atoms with E-state index in [1.54, 1.807) is 0 Å². The summed E-state index contributed by atoms with van der Waals surface area (Å²) in [6.07, 6.45) is 0.864. The van der Waals surface area contributed by atoms with Crippen LogP contribution in [0.5, 0.6) is 11.5 Å². The molecule has 0 atom stereocenters. The van der Waals surface area contributed by atoms with Crippen molar-refractivity contribution < 1.29 is 14.3 Å². The molecule has 4 rings (SSSR count). The summed E-state index contributed by atoms with van der Waals surface area (Å²) in [7, 11) is 1.91. The van der Waals surface area contributed by atoms with Crippen molar-refractivity contribution in [1.82, 2.24) is 14.8 Å². The van der Waals surface area contributed by atoms with E-state index in [9.17, 15) is 4.79 Å². The van der Waals surface area contributed by atoms with E-state index < -0.39 is 0 Å². The predicted octanol–water partition coefficient (Wildman–Crippen LogP) is 3.93. The summed E-state index contributed by atoms with van der Waals surface area (Å²) in [5, 5.41) is 9.34. The molecular weight excluding hydrogens is 374 g/mol. The maximum atomic E-state index is 12.3. The first-order valence-electron chi connectivity index (χ1n) is 9.14. The molecule has 0 spiro atoms. The molecule has 1 aromatic heterocycles. The average Bonchev–Trinajstić information content (AvgIpc) is 2.92. The molecule has 1 aliphatic rings. The summed E-state index contributed by atoms with van der Waals surface area (Å²) in [5.41, 5.74) is 2.69. The van der Waals surface area contributed by atoms with Gasteiger partial charge in [-0.2, -0.15) is 0 Å². The van der Waals surface area contributed by atoms with Crippen molar-refractivity contribution in [1.29, 1.82) is 0 Å². The number of thioether (sulfide) groups is 1. The molecule has 144 valence electrons. The first kappa shape index (κ1) is 18.6. The normalized spacial score (nSPS) is 13.2. The van der Waals surface area contributed by atoms with Gasteiger partial charge in [0, 0.05) is 24.6 Å². The molecule has 2 heterocycles. The van der Waals surface area contributed by atoms with Crippen LogP contribution in [0.3, 0.4) is 0 Å². The van der Waals surface area contributed by atoms with Gasteiger partial charge in [0.15, 0.2) is 28.3 Å². The molecular formula is C21H21N3O3S. The summed E-state index contributed by atoms with van der Waals surface area (Å²) in [6.45, 7) is 3.31. The average molecular weight is 395 g/mol. The second-order valence-electron chi connectivity index (χ2n) is 6.61. The van der Waals surface area contributed by atoms with Crippen LogP contribution in [0.1, 0.15) is 22.3 Å². The number of aromatic nitrogens is 3. The van der Waals surface area contributed by atoms with E-state index >= 15 is 0 Å². The largest absolute Gasteiger partial charge is 0.490 e. The molecule has 1 aliphatic heterocycles. The number of rotatable bonds is 5. The molecule has 0 N–H and O–H groups in total. The predicted molar refractivity (Wildman–Crippen MR) is 108 cm³/mol. The molecule has 0 amide bonds. The van der Waals surface area contributed by atoms with Crippen molar-refractivity contribution in [2.75, 3.05) is 19.0 Å². The molecule has 0 saturated carbocycles. The first-order chi connectivity index (χ1) is 13.6. The van der Waals surface area contributed by atoms with Gasteiger partial charge in [-0.15, -0.1) is 10.2 Å². The van der Waals surface area contributed by atoms with E-state index in [-0.39, 0.29) is 5.78 Å². The standard InChI is InChI=1S/C21H21N3O3S/c1-14-11-18-19(27-10-6-9-26-18)12-16(14)20-22-23-21(24(20)2)28-13-17(25)15-7-4-3-5-8-15/h3-5,7-8,11-12H,6,9-10,13H2,1-2H3. The van der Waals surface area contributed by atoms with Gasteiger partial charge < -0.3 is 14.0 Å². The molecule has 2 aromatic carbocycles. The second-order valence-corrected chi connectivity index (χ2v) is 7.55. The van der Waals surface area contributed by atoms with E-state index in [4.69, 9.17) is 9.47 Å². The highest BCUT2D eigenvalue weighted by molar-refractivity contribution is 7.99. The number of benzene rings is 2. The number of Topliss-reactive ketones (excluding diaryl/α,β-unsaturated/α-hetero) is 1. The summed E-state index contributed by atoms with van der Waals surface area (Å²) < 4.78 is 13.5. The third-order valence-corrected chi connectivity index (χ3v) is 5.62. The molecule has 0 unspecified atom stereocenters. The van der Waals surface area contributed by atoms with Gasteiger partial charge in [0.25, 0.3) is 0 Å². The summed E-state index contributed by atoms with van der Waals surface area (Å²) in [4.78, 5) is 12.3. The van der Waals surface area contributed by atoms with Crippen LogP contribution >= 0.6 is 11.8 Å². The van der Waals surface area contributed by atoms with Crippen LogP contribution in [0.25, 0.3) is 11.4 Å². The number of ketones is 1. The Hall–Kier alpha value is -2.80. The number of carbonyl (C=O) groups excluding carboxylic acids is 1. The van der Waals surface area contributed by atoms with Crippen molar-refractivity contribution >= 4 is 17.5 Å². The van der Waals surface area contributed by atoms with Gasteiger partial charge in [0.1, 0.15) is 0 Å². The maximum absolute atomic E-state index is 12.3. The Labute approximate surface area is 167 Å². The Bertz CT molecular complexity index is 1000. The Morgan fingerprint density at radius 3 is 2.57 bits per heavy atom. The number of hydrogen-bond donors (Lipinski definition) is 0. The quantitative estimate of drug-likeness (QED) is 0.482. The lowest BCUT2D eigenvalue weighted by molar-refractivity contribution is 0.102. The summed E-state index contributed by atoms with van der Waals surface area (Å²) >= 11 is 1.39. The van der Waals surface area contributed by atoms with Crippen molar-refractivity contribution in [3.8, 4) is 22.9 Å². The molecule has 28 heavy (non-hydrogen) atoms. The third-order valence-electron chi connectivity index (χ3n) is 4.60. The highest BCUT2D eigenvalue weighted by Gasteiger charge is 2.19. The summed E-state index contributed by atoms with van der Waals surface area (Å²) in [6, 6.07) is 13.2. The minimum Gasteiger partial charge on any atom is -0.490 e. The highest BCUT2D eigenvalue weighted by Crippen LogP contribution is 2.37. The molecule has 0 aliphatic carbocycles. The zero-order valence-electron chi connectivity index (χ0n) is 15.8. The molecule has 7 heteroatoms. The molecule has 0 radical (unpaired) electrons. The van der Waals surface area contributed by atoms with Crippen LogP contribution in [0.2, 0.25) is 0 Å². The maximum Gasteiger partial charge on any atom is 0.191 e. The molecule has 0 fully saturated rings. The summed E-state index contributed by atoms with van der Waals surface area (Å²) in [5.74, 6) is 2.62. The molecule has 3 aromatic rings. The Kier molecular flexibility index (Phi) is 5.34. The number of fused-ring (bicyclic) bond motifs is 1. The van der Waals surface area contributed by atoms with Crippen LogP contribution in [-0.4, -0.2) is 39.5 Å². The molecule has 0 saturated heterocycles. The van der Waals surface area contributed by atoms with Crippen molar-refractivity contribution in [2.45, 2.75) is 18.5 Å². The van der Waals surface area contributed by atoms with Gasteiger partial charge >= 0.3 is 0 Å². The number of nitrogens with zero attached hydrogens (tertiary/aromatic N) is 3. The Morgan fingerprint density at radius 2 is 1.82 bits per heavy atom. The number of hydrogen-bond acceptors (Lipinski definition) is 6. The number of aryl methyl sites for hydroxylation is 1. The topological polar surface area (TPSA) is 66.2 Å². The van der Waals surface area contributed by atoms with E-state index in [0.717, 1.165) is 34.9 Å². The van der Waals surface area contributed by atoms with Crippen molar-refractivity contribution in [3.05, 3.63) is 53.6 Å². The smallest absolute Gasteiger partial charge is 0.191 e. The zero-order chi connectivity index (χ0) is 19.5.